The highest BCUT2D eigenvalue weighted by molar-refractivity contribution is 5.47. The molecule has 0 atom stereocenters. The highest BCUT2D eigenvalue weighted by atomic mass is 16.5. The van der Waals surface area contributed by atoms with Crippen molar-refractivity contribution in [3.8, 4) is 0 Å². The monoisotopic (exact) mass is 805 g/mol. The smallest absolute Gasteiger partial charge is 0.232 e. The Kier molecular flexibility index (Phi) is 16.0. The molecule has 2 aromatic heterocycles. The quantitative estimate of drug-likeness (QED) is 0.0493. The van der Waals surface area contributed by atoms with Crippen molar-refractivity contribution in [1.29, 1.82) is 0 Å². The van der Waals surface area contributed by atoms with Crippen LogP contribution in [-0.2, 0) is 0 Å². The molecule has 16 heteroatoms. The van der Waals surface area contributed by atoms with Crippen molar-refractivity contribution in [3.63, 3.8) is 0 Å². The highest BCUT2D eigenvalue weighted by Gasteiger charge is 2.48. The molecule has 58 heavy (non-hydrogen) atoms. The number of piperidine rings is 2. The predicted octanol–water partition coefficient (Wildman–Crippen LogP) is 7.14. The lowest BCUT2D eigenvalue weighted by Gasteiger charge is -2.53. The summed E-state index contributed by atoms with van der Waals surface area (Å²) in [5.41, 5.74) is -1.83. The number of hydroxylamine groups is 4. The molecule has 0 radical (unpaired) electrons. The van der Waals surface area contributed by atoms with Gasteiger partial charge in [0.05, 0.1) is 0 Å². The van der Waals surface area contributed by atoms with E-state index in [2.05, 4.69) is 123 Å². The number of unbranched alkanes of at least 4 members (excludes halogenated alkanes) is 3. The van der Waals surface area contributed by atoms with Crippen LogP contribution in [0.15, 0.2) is 50.6 Å². The van der Waals surface area contributed by atoms with Crippen molar-refractivity contribution in [2.75, 3.05) is 70.3 Å². The molecule has 0 spiro atoms. The molecular formula is C42H72N14O2. The summed E-state index contributed by atoms with van der Waals surface area (Å²) in [7, 11) is 0. The molecule has 0 aromatic carbocycles. The number of aromatic nitrogens is 6. The van der Waals surface area contributed by atoms with Crippen molar-refractivity contribution < 1.29 is 10.4 Å². The van der Waals surface area contributed by atoms with Gasteiger partial charge in [0.2, 0.25) is 35.7 Å². The summed E-state index contributed by atoms with van der Waals surface area (Å²) in [5.74, 6) is 3.09. The summed E-state index contributed by atoms with van der Waals surface area (Å²) in [6, 6.07) is 0.151. The zero-order chi connectivity index (χ0) is 42.7. The van der Waals surface area contributed by atoms with Gasteiger partial charge in [-0.05, 0) is 93.9 Å². The summed E-state index contributed by atoms with van der Waals surface area (Å²) in [6.45, 7) is 35.6. The minimum atomic E-state index is -0.457. The van der Waals surface area contributed by atoms with Crippen LogP contribution in [0.2, 0.25) is 0 Å². The first-order chi connectivity index (χ1) is 27.4. The lowest BCUT2D eigenvalue weighted by atomic mass is 9.78. The van der Waals surface area contributed by atoms with Crippen molar-refractivity contribution in [2.24, 2.45) is 0 Å². The van der Waals surface area contributed by atoms with Crippen LogP contribution in [0.3, 0.4) is 0 Å². The third kappa shape index (κ3) is 12.1. The van der Waals surface area contributed by atoms with Crippen LogP contribution in [0.1, 0.15) is 107 Å². The van der Waals surface area contributed by atoms with E-state index in [9.17, 15) is 10.4 Å². The van der Waals surface area contributed by atoms with Gasteiger partial charge in [0.15, 0.2) is 0 Å². The van der Waals surface area contributed by atoms with E-state index < -0.39 is 22.2 Å². The highest BCUT2D eigenvalue weighted by Crippen LogP contribution is 2.41. The Balaban J connectivity index is 1.58. The zero-order valence-corrected chi connectivity index (χ0v) is 36.6. The van der Waals surface area contributed by atoms with E-state index >= 15 is 0 Å². The second-order valence-corrected chi connectivity index (χ2v) is 18.0. The molecule has 4 heterocycles. The van der Waals surface area contributed by atoms with Gasteiger partial charge in [-0.25, -0.2) is 0 Å². The minimum absolute atomic E-state index is 0.0755. The molecule has 322 valence electrons. The molecule has 4 rings (SSSR count). The minimum Gasteiger partial charge on any atom is -0.351 e. The second kappa shape index (κ2) is 20.1. The zero-order valence-electron chi connectivity index (χ0n) is 36.6. The molecule has 0 unspecified atom stereocenters. The average Bonchev–Trinajstić information content (AvgIpc) is 3.16. The molecule has 0 aliphatic carbocycles. The van der Waals surface area contributed by atoms with Crippen LogP contribution in [-0.4, -0.2) is 124 Å². The van der Waals surface area contributed by atoms with Gasteiger partial charge in [-0.2, -0.15) is 40.0 Å². The van der Waals surface area contributed by atoms with Crippen LogP contribution in [0.4, 0.5) is 35.7 Å². The van der Waals surface area contributed by atoms with Gasteiger partial charge in [0.25, 0.3) is 0 Å². The second-order valence-electron chi connectivity index (χ2n) is 18.0. The molecule has 2 aliphatic heterocycles. The molecule has 2 aromatic rings. The number of rotatable bonds is 23. The first-order valence-electron chi connectivity index (χ1n) is 20.8. The maximum atomic E-state index is 11.2. The summed E-state index contributed by atoms with van der Waals surface area (Å²) in [6.07, 6.45) is 13.8. The molecule has 2 saturated heterocycles. The van der Waals surface area contributed by atoms with Crippen molar-refractivity contribution in [2.45, 2.75) is 141 Å². The van der Waals surface area contributed by atoms with Gasteiger partial charge in [-0.15, -0.1) is 26.3 Å². The lowest BCUT2D eigenvalue weighted by molar-refractivity contribution is -0.244. The van der Waals surface area contributed by atoms with Crippen molar-refractivity contribution in [1.82, 2.24) is 40.0 Å². The first kappa shape index (κ1) is 46.3. The Morgan fingerprint density at radius 1 is 0.500 bits per heavy atom. The molecular weight excluding hydrogens is 733 g/mol. The van der Waals surface area contributed by atoms with Gasteiger partial charge < -0.3 is 41.5 Å². The summed E-state index contributed by atoms with van der Waals surface area (Å²) < 4.78 is 0. The maximum absolute atomic E-state index is 11.2. The summed E-state index contributed by atoms with van der Waals surface area (Å²) in [5, 5.41) is 38.4. The average molecular weight is 805 g/mol. The Hall–Kier alpha value is -4.38. The molecule has 2 fully saturated rings. The molecule has 6 N–H and O–H groups in total. The lowest BCUT2D eigenvalue weighted by Crippen LogP contribution is -2.63. The molecule has 0 bridgehead atoms. The number of anilines is 6. The van der Waals surface area contributed by atoms with E-state index in [0.717, 1.165) is 64.5 Å². The van der Waals surface area contributed by atoms with Crippen LogP contribution >= 0.6 is 0 Å². The fourth-order valence-corrected chi connectivity index (χ4v) is 8.64. The van der Waals surface area contributed by atoms with E-state index in [1.165, 1.54) is 10.1 Å². The molecule has 16 nitrogen and oxygen atoms in total. The Labute approximate surface area is 347 Å². The third-order valence-electron chi connectivity index (χ3n) is 11.0. The number of nitrogens with one attached hydrogen (secondary N) is 4. The summed E-state index contributed by atoms with van der Waals surface area (Å²) in [4.78, 5) is 33.5. The van der Waals surface area contributed by atoms with E-state index in [1.807, 2.05) is 0 Å². The normalized spacial score (nSPS) is 19.1. The SMILES string of the molecule is C=CCNc1nc(NCC=C)nc(N(CCCCCCN(c2nc(NCC=C)nc(NCC=C)n2)C2CC(C)(C)N(O)C(C)(C)C2)C2CC(C)(C)N(O)C(C)(C)C2)n1. The van der Waals surface area contributed by atoms with Crippen molar-refractivity contribution >= 4 is 35.7 Å². The molecule has 0 saturated carbocycles. The topological polar surface area (TPSA) is 179 Å². The van der Waals surface area contributed by atoms with Crippen molar-refractivity contribution in [3.05, 3.63) is 50.6 Å². The molecule has 2 aliphatic rings. The maximum Gasteiger partial charge on any atom is 0.232 e. The molecule has 0 amide bonds. The van der Waals surface area contributed by atoms with Crippen LogP contribution in [0, 0.1) is 0 Å². The number of hydrogen-bond donors (Lipinski definition) is 6. The number of nitrogens with zero attached hydrogens (tertiary/aromatic N) is 10. The Bertz CT molecular complexity index is 1460. The van der Waals surface area contributed by atoms with Gasteiger partial charge in [-0.1, -0.05) is 37.1 Å². The van der Waals surface area contributed by atoms with Crippen LogP contribution < -0.4 is 31.1 Å². The van der Waals surface area contributed by atoms with Gasteiger partial charge in [0, 0.05) is 73.5 Å². The standard InChI is InChI=1S/C42H72N14O2/c1-13-21-43-33-47-34(44-22-14-2)50-37(49-33)53(31-27-39(5,6)55(57)40(7,8)28-31)25-19-17-18-20-26-54(32-29-41(9,10)56(58)42(11,12)30-32)38-51-35(45-23-15-3)48-36(52-38)46-24-16-4/h13-16,31-32,57-58H,1-4,17-30H2,5-12H3,(H2,43,44,47,49,50)(H2,45,46,48,51,52). The Morgan fingerprint density at radius 3 is 1.00 bits per heavy atom. The van der Waals surface area contributed by atoms with Gasteiger partial charge in [-0.3, -0.25) is 0 Å². The largest absolute Gasteiger partial charge is 0.351 e. The van der Waals surface area contributed by atoms with E-state index in [4.69, 9.17) is 19.9 Å². The van der Waals surface area contributed by atoms with E-state index in [-0.39, 0.29) is 12.1 Å². The number of hydrogen-bond acceptors (Lipinski definition) is 16. The van der Waals surface area contributed by atoms with E-state index in [0.29, 0.717) is 61.9 Å². The first-order valence-corrected chi connectivity index (χ1v) is 20.8. The van der Waals surface area contributed by atoms with Gasteiger partial charge in [0.1, 0.15) is 0 Å². The van der Waals surface area contributed by atoms with Crippen LogP contribution in [0.5, 0.6) is 0 Å². The third-order valence-corrected chi connectivity index (χ3v) is 11.0. The Morgan fingerprint density at radius 2 is 0.759 bits per heavy atom. The fraction of sp³-hybridized carbons (Fsp3) is 0.667. The van der Waals surface area contributed by atoms with Gasteiger partial charge >= 0.3 is 0 Å². The predicted molar refractivity (Wildman–Crippen MR) is 237 cm³/mol. The van der Waals surface area contributed by atoms with E-state index in [1.54, 1.807) is 24.3 Å². The van der Waals surface area contributed by atoms with Crippen LogP contribution in [0.25, 0.3) is 0 Å². The summed E-state index contributed by atoms with van der Waals surface area (Å²) >= 11 is 0. The fourth-order valence-electron chi connectivity index (χ4n) is 8.64.